The molecule has 2 aliphatic heterocycles. The monoisotopic (exact) mass is 434 g/mol. The van der Waals surface area contributed by atoms with Crippen LogP contribution >= 0.6 is 0 Å². The molecule has 0 unspecified atom stereocenters. The molecule has 1 aromatic rings. The van der Waals surface area contributed by atoms with Crippen molar-refractivity contribution >= 4 is 0 Å². The van der Waals surface area contributed by atoms with Crippen molar-refractivity contribution in [3.63, 3.8) is 0 Å². The van der Waals surface area contributed by atoms with Gasteiger partial charge in [0.25, 0.3) is 0 Å². The number of unbranched alkanes of at least 4 members (excludes halogenated alkanes) is 1. The van der Waals surface area contributed by atoms with Crippen LogP contribution in [0.5, 0.6) is 5.75 Å². The Morgan fingerprint density at radius 1 is 1.13 bits per heavy atom. The quantitative estimate of drug-likeness (QED) is 0.353. The number of ether oxygens (including phenoxy) is 6. The number of hydrogen-bond acceptors (Lipinski definition) is 6. The minimum atomic E-state index is -0.549. The van der Waals surface area contributed by atoms with Crippen molar-refractivity contribution in [1.29, 1.82) is 0 Å². The first-order valence-corrected chi connectivity index (χ1v) is 11.4. The van der Waals surface area contributed by atoms with Crippen molar-refractivity contribution in [2.75, 3.05) is 20.3 Å². The van der Waals surface area contributed by atoms with Gasteiger partial charge in [0.2, 0.25) is 0 Å². The number of methoxy groups -OCH3 is 1. The molecule has 2 heterocycles. The lowest BCUT2D eigenvalue weighted by molar-refractivity contribution is -0.144. The molecule has 0 saturated carbocycles. The Labute approximate surface area is 186 Å². The van der Waals surface area contributed by atoms with Crippen molar-refractivity contribution in [3.8, 4) is 5.75 Å². The van der Waals surface area contributed by atoms with Crippen LogP contribution in [0.25, 0.3) is 0 Å². The normalized spacial score (nSPS) is 29.9. The molecule has 6 nitrogen and oxygen atoms in total. The van der Waals surface area contributed by atoms with E-state index in [1.54, 1.807) is 7.11 Å². The highest BCUT2D eigenvalue weighted by Gasteiger charge is 2.47. The fraction of sp³-hybridized carbons (Fsp3) is 0.680. The first kappa shape index (κ1) is 24.2. The molecular formula is C25H38O6. The zero-order valence-corrected chi connectivity index (χ0v) is 19.4. The van der Waals surface area contributed by atoms with Gasteiger partial charge in [0.05, 0.1) is 38.6 Å². The molecule has 0 aliphatic carbocycles. The topological polar surface area (TPSA) is 55.4 Å². The summed E-state index contributed by atoms with van der Waals surface area (Å²) in [5.41, 5.74) is 1.09. The Bertz CT molecular complexity index is 673. The second-order valence-electron chi connectivity index (χ2n) is 8.74. The summed E-state index contributed by atoms with van der Waals surface area (Å²) in [5.74, 6) is 0.284. The summed E-state index contributed by atoms with van der Waals surface area (Å²) in [7, 11) is 1.67. The first-order chi connectivity index (χ1) is 15.0. The van der Waals surface area contributed by atoms with Crippen molar-refractivity contribution in [2.24, 2.45) is 0 Å². The number of rotatable bonds is 12. The average molecular weight is 435 g/mol. The van der Waals surface area contributed by atoms with Crippen LogP contribution in [0.1, 0.15) is 52.0 Å². The van der Waals surface area contributed by atoms with E-state index in [9.17, 15) is 0 Å². The Morgan fingerprint density at radius 3 is 2.48 bits per heavy atom. The Balaban J connectivity index is 1.69. The summed E-state index contributed by atoms with van der Waals surface area (Å²) < 4.78 is 36.2. The molecule has 3 rings (SSSR count). The maximum atomic E-state index is 6.44. The van der Waals surface area contributed by atoms with E-state index in [2.05, 4.69) is 13.5 Å². The molecule has 0 bridgehead atoms. The molecule has 0 radical (unpaired) electrons. The van der Waals surface area contributed by atoms with Crippen molar-refractivity contribution in [3.05, 3.63) is 42.5 Å². The Kier molecular flexibility index (Phi) is 8.93. The highest BCUT2D eigenvalue weighted by molar-refractivity contribution is 5.26. The smallest absolute Gasteiger partial charge is 0.163 e. The number of hydrogen-bond donors (Lipinski definition) is 0. The lowest BCUT2D eigenvalue weighted by Gasteiger charge is -2.26. The lowest BCUT2D eigenvalue weighted by atomic mass is 10.0. The summed E-state index contributed by atoms with van der Waals surface area (Å²) in [5, 5.41) is 0. The van der Waals surface area contributed by atoms with E-state index < -0.39 is 5.79 Å². The maximum Gasteiger partial charge on any atom is 0.163 e. The molecule has 5 atom stereocenters. The van der Waals surface area contributed by atoms with Gasteiger partial charge in [-0.15, -0.1) is 6.58 Å². The van der Waals surface area contributed by atoms with Gasteiger partial charge in [-0.2, -0.15) is 0 Å². The van der Waals surface area contributed by atoms with E-state index in [0.29, 0.717) is 26.2 Å². The van der Waals surface area contributed by atoms with E-state index in [1.165, 1.54) is 0 Å². The largest absolute Gasteiger partial charge is 0.497 e. The van der Waals surface area contributed by atoms with Crippen LogP contribution in [-0.2, 0) is 30.3 Å². The Hall–Kier alpha value is -1.44. The fourth-order valence-corrected chi connectivity index (χ4v) is 4.17. The van der Waals surface area contributed by atoms with Crippen LogP contribution in [0, 0.1) is 0 Å². The maximum absolute atomic E-state index is 6.44. The summed E-state index contributed by atoms with van der Waals surface area (Å²) in [6.07, 6.45) is 4.88. The van der Waals surface area contributed by atoms with Gasteiger partial charge in [-0.1, -0.05) is 31.6 Å². The van der Waals surface area contributed by atoms with Gasteiger partial charge in [0, 0.05) is 13.0 Å². The van der Waals surface area contributed by atoms with Crippen LogP contribution in [0.4, 0.5) is 0 Å². The molecule has 0 amide bonds. The molecule has 2 aliphatic rings. The molecule has 174 valence electrons. The predicted octanol–water partition coefficient (Wildman–Crippen LogP) is 4.65. The Morgan fingerprint density at radius 2 is 1.87 bits per heavy atom. The molecule has 0 aromatic heterocycles. The van der Waals surface area contributed by atoms with Crippen molar-refractivity contribution < 1.29 is 28.4 Å². The first-order valence-electron chi connectivity index (χ1n) is 11.4. The molecule has 0 spiro atoms. The van der Waals surface area contributed by atoms with Crippen LogP contribution in [0.2, 0.25) is 0 Å². The van der Waals surface area contributed by atoms with Gasteiger partial charge in [0.15, 0.2) is 5.79 Å². The highest BCUT2D eigenvalue weighted by Crippen LogP contribution is 2.35. The van der Waals surface area contributed by atoms with Crippen LogP contribution in [-0.4, -0.2) is 56.6 Å². The highest BCUT2D eigenvalue weighted by atomic mass is 16.7. The molecule has 1 aromatic carbocycles. The third kappa shape index (κ3) is 6.77. The minimum absolute atomic E-state index is 0.0120. The lowest BCUT2D eigenvalue weighted by Crippen LogP contribution is -2.39. The molecule has 2 saturated heterocycles. The van der Waals surface area contributed by atoms with Gasteiger partial charge in [-0.05, 0) is 44.4 Å². The van der Waals surface area contributed by atoms with E-state index in [4.69, 9.17) is 28.4 Å². The van der Waals surface area contributed by atoms with Gasteiger partial charge >= 0.3 is 0 Å². The van der Waals surface area contributed by atoms with Crippen LogP contribution < -0.4 is 4.74 Å². The van der Waals surface area contributed by atoms with E-state index in [0.717, 1.165) is 30.6 Å². The second kappa shape index (κ2) is 11.4. The fourth-order valence-electron chi connectivity index (χ4n) is 4.17. The van der Waals surface area contributed by atoms with Gasteiger partial charge < -0.3 is 28.4 Å². The summed E-state index contributed by atoms with van der Waals surface area (Å²) in [4.78, 5) is 0. The van der Waals surface area contributed by atoms with Crippen molar-refractivity contribution in [2.45, 2.75) is 89.4 Å². The van der Waals surface area contributed by atoms with E-state index in [-0.39, 0.29) is 30.5 Å². The zero-order chi connectivity index (χ0) is 22.3. The average Bonchev–Trinajstić information content (AvgIpc) is 3.26. The summed E-state index contributed by atoms with van der Waals surface area (Å²) in [6.45, 7) is 11.7. The third-order valence-corrected chi connectivity index (χ3v) is 5.78. The second-order valence-corrected chi connectivity index (χ2v) is 8.74. The third-order valence-electron chi connectivity index (χ3n) is 5.78. The van der Waals surface area contributed by atoms with Crippen LogP contribution in [0.3, 0.4) is 0 Å². The summed E-state index contributed by atoms with van der Waals surface area (Å²) >= 11 is 0. The van der Waals surface area contributed by atoms with Crippen molar-refractivity contribution in [1.82, 2.24) is 0 Å². The SMILES string of the molecule is C=CC[C@@H]1O[C@H](C[C@@H]2COC(C)(C)O2)[C@H](OCCCC)[C@H]1OCc1ccc(OC)cc1. The van der Waals surface area contributed by atoms with E-state index >= 15 is 0 Å². The molecule has 31 heavy (non-hydrogen) atoms. The predicted molar refractivity (Wildman–Crippen MR) is 119 cm³/mol. The standard InChI is InChI=1S/C25H38O6/c1-6-8-14-27-24-22(15-20-17-29-25(3,4)31-20)30-21(9-7-2)23(24)28-16-18-10-12-19(26-5)13-11-18/h7,10-13,20-24H,2,6,8-9,14-17H2,1,3-5H3/t20-,21+,22-,23+,24+/m1/s1. The molecule has 6 heteroatoms. The molecular weight excluding hydrogens is 396 g/mol. The minimum Gasteiger partial charge on any atom is -0.497 e. The molecule has 0 N–H and O–H groups in total. The summed E-state index contributed by atoms with van der Waals surface area (Å²) in [6, 6.07) is 7.94. The van der Waals surface area contributed by atoms with Gasteiger partial charge in [0.1, 0.15) is 18.0 Å². The van der Waals surface area contributed by atoms with Crippen LogP contribution in [0.15, 0.2) is 36.9 Å². The number of benzene rings is 1. The van der Waals surface area contributed by atoms with E-state index in [1.807, 2.05) is 44.2 Å². The molecule has 2 fully saturated rings. The van der Waals surface area contributed by atoms with Gasteiger partial charge in [-0.25, -0.2) is 0 Å². The zero-order valence-electron chi connectivity index (χ0n) is 19.4. The van der Waals surface area contributed by atoms with Gasteiger partial charge in [-0.3, -0.25) is 0 Å².